The molecule has 0 fully saturated rings. The van der Waals surface area contributed by atoms with Crippen molar-refractivity contribution < 1.29 is 9.53 Å². The molecule has 2 aromatic rings. The molecule has 1 N–H and O–H groups in total. The van der Waals surface area contributed by atoms with E-state index in [-0.39, 0.29) is 5.97 Å². The number of rotatable bonds is 4. The molecular weight excluding hydrogens is 326 g/mol. The van der Waals surface area contributed by atoms with E-state index in [1.807, 2.05) is 41.9 Å². The molecule has 0 saturated carbocycles. The third kappa shape index (κ3) is 3.16. The van der Waals surface area contributed by atoms with Gasteiger partial charge in [-0.3, -0.25) is 0 Å². The largest absolute Gasteiger partial charge is 0.467 e. The number of methoxy groups -OCH3 is 1. The van der Waals surface area contributed by atoms with E-state index in [1.165, 1.54) is 7.11 Å². The zero-order valence-electron chi connectivity index (χ0n) is 10.6. The van der Waals surface area contributed by atoms with Gasteiger partial charge in [-0.25, -0.2) is 4.79 Å². The normalized spacial score (nSPS) is 11.9. The Morgan fingerprint density at radius 3 is 2.68 bits per heavy atom. The van der Waals surface area contributed by atoms with E-state index >= 15 is 0 Å². The molecule has 19 heavy (non-hydrogen) atoms. The van der Waals surface area contributed by atoms with E-state index < -0.39 is 6.04 Å². The quantitative estimate of drug-likeness (QED) is 0.850. The number of benzene rings is 1. The number of hydrogen-bond acceptors (Lipinski definition) is 4. The number of aryl methyl sites for hydroxylation is 1. The Morgan fingerprint density at radius 2 is 2.11 bits per heavy atom. The minimum Gasteiger partial charge on any atom is -0.467 e. The van der Waals surface area contributed by atoms with Gasteiger partial charge in [-0.05, 0) is 39.9 Å². The highest BCUT2D eigenvalue weighted by molar-refractivity contribution is 9.10. The molecule has 0 bridgehead atoms. The van der Waals surface area contributed by atoms with Gasteiger partial charge in [-0.1, -0.05) is 18.2 Å². The van der Waals surface area contributed by atoms with Crippen LogP contribution in [0.4, 0.5) is 5.69 Å². The zero-order valence-corrected chi connectivity index (χ0v) is 13.0. The van der Waals surface area contributed by atoms with E-state index in [1.54, 1.807) is 11.3 Å². The first-order chi connectivity index (χ1) is 9.13. The number of halogens is 1. The minimum atomic E-state index is -0.508. The molecular formula is C14H14BrNO2S. The number of anilines is 1. The van der Waals surface area contributed by atoms with Gasteiger partial charge >= 0.3 is 5.97 Å². The van der Waals surface area contributed by atoms with Gasteiger partial charge < -0.3 is 10.1 Å². The first-order valence-corrected chi connectivity index (χ1v) is 7.48. The molecule has 0 radical (unpaired) electrons. The molecule has 1 unspecified atom stereocenters. The van der Waals surface area contributed by atoms with Gasteiger partial charge in [0.25, 0.3) is 0 Å². The van der Waals surface area contributed by atoms with Crippen molar-refractivity contribution in [2.24, 2.45) is 0 Å². The maximum absolute atomic E-state index is 12.0. The van der Waals surface area contributed by atoms with Gasteiger partial charge in [0.1, 0.15) is 0 Å². The molecule has 0 saturated heterocycles. The average molecular weight is 340 g/mol. The van der Waals surface area contributed by atoms with Gasteiger partial charge in [0, 0.05) is 21.1 Å². The lowest BCUT2D eigenvalue weighted by atomic mass is 10.1. The maximum Gasteiger partial charge on any atom is 0.333 e. The highest BCUT2D eigenvalue weighted by Gasteiger charge is 2.24. The second kappa shape index (κ2) is 6.21. The topological polar surface area (TPSA) is 38.3 Å². The summed E-state index contributed by atoms with van der Waals surface area (Å²) in [5.41, 5.74) is 2.90. The lowest BCUT2D eigenvalue weighted by Crippen LogP contribution is -2.22. The number of thiophene rings is 1. The molecule has 0 aliphatic heterocycles. The number of para-hydroxylation sites is 1. The average Bonchev–Trinajstić information content (AvgIpc) is 2.83. The Hall–Kier alpha value is -1.33. The van der Waals surface area contributed by atoms with Crippen molar-refractivity contribution in [3.63, 3.8) is 0 Å². The van der Waals surface area contributed by atoms with Crippen LogP contribution in [0.25, 0.3) is 0 Å². The van der Waals surface area contributed by atoms with Crippen molar-refractivity contribution in [1.82, 2.24) is 0 Å². The molecule has 2 rings (SSSR count). The highest BCUT2D eigenvalue weighted by atomic mass is 79.9. The van der Waals surface area contributed by atoms with Crippen LogP contribution in [0, 0.1) is 6.92 Å². The van der Waals surface area contributed by atoms with Crippen LogP contribution in [0.5, 0.6) is 0 Å². The first kappa shape index (κ1) is 14.1. The number of carbonyl (C=O) groups is 1. The summed E-state index contributed by atoms with van der Waals surface area (Å²) in [4.78, 5) is 12.0. The van der Waals surface area contributed by atoms with Crippen molar-refractivity contribution in [1.29, 1.82) is 0 Å². The number of hydrogen-bond donors (Lipinski definition) is 1. The maximum atomic E-state index is 12.0. The van der Waals surface area contributed by atoms with Crippen LogP contribution in [0.2, 0.25) is 0 Å². The molecule has 0 aliphatic rings. The van der Waals surface area contributed by atoms with Crippen LogP contribution in [-0.4, -0.2) is 13.1 Å². The van der Waals surface area contributed by atoms with Gasteiger partial charge in [-0.2, -0.15) is 11.3 Å². The van der Waals surface area contributed by atoms with Crippen LogP contribution in [0.3, 0.4) is 0 Å². The Morgan fingerprint density at radius 1 is 1.37 bits per heavy atom. The number of esters is 1. The van der Waals surface area contributed by atoms with Crippen molar-refractivity contribution in [2.75, 3.05) is 12.4 Å². The van der Waals surface area contributed by atoms with Gasteiger partial charge in [-0.15, -0.1) is 0 Å². The summed E-state index contributed by atoms with van der Waals surface area (Å²) in [5, 5.41) is 7.13. The van der Waals surface area contributed by atoms with Gasteiger partial charge in [0.15, 0.2) is 6.04 Å². The first-order valence-electron chi connectivity index (χ1n) is 5.75. The summed E-state index contributed by atoms with van der Waals surface area (Å²) < 4.78 is 5.80. The van der Waals surface area contributed by atoms with Crippen LogP contribution >= 0.6 is 27.3 Å². The SMILES string of the molecule is COC(=O)C(Nc1ccccc1C)c1cscc1Br. The van der Waals surface area contributed by atoms with E-state index in [0.29, 0.717) is 0 Å². The highest BCUT2D eigenvalue weighted by Crippen LogP contribution is 2.31. The molecule has 0 spiro atoms. The summed E-state index contributed by atoms with van der Waals surface area (Å²) in [5.74, 6) is -0.303. The smallest absolute Gasteiger partial charge is 0.333 e. The van der Waals surface area contributed by atoms with Crippen molar-refractivity contribution in [2.45, 2.75) is 13.0 Å². The molecule has 100 valence electrons. The van der Waals surface area contributed by atoms with Crippen molar-refractivity contribution in [3.8, 4) is 0 Å². The Labute approximate surface area is 124 Å². The van der Waals surface area contributed by atoms with Crippen molar-refractivity contribution >= 4 is 38.9 Å². The van der Waals surface area contributed by atoms with Crippen molar-refractivity contribution in [3.05, 3.63) is 50.6 Å². The van der Waals surface area contributed by atoms with Crippen LogP contribution in [0.1, 0.15) is 17.2 Å². The predicted molar refractivity (Wildman–Crippen MR) is 81.6 cm³/mol. The third-order valence-corrected chi connectivity index (χ3v) is 4.59. The molecule has 1 atom stereocenters. The second-order valence-corrected chi connectivity index (χ2v) is 5.69. The van der Waals surface area contributed by atoms with Gasteiger partial charge in [0.2, 0.25) is 0 Å². The predicted octanol–water partition coefficient (Wildman–Crippen LogP) is 4.15. The van der Waals surface area contributed by atoms with E-state index in [0.717, 1.165) is 21.3 Å². The van der Waals surface area contributed by atoms with E-state index in [4.69, 9.17) is 4.74 Å². The van der Waals surface area contributed by atoms with Gasteiger partial charge in [0.05, 0.1) is 7.11 Å². The summed E-state index contributed by atoms with van der Waals surface area (Å²) >= 11 is 5.00. The Kier molecular flexibility index (Phi) is 4.61. The van der Waals surface area contributed by atoms with E-state index in [2.05, 4.69) is 21.2 Å². The summed E-state index contributed by atoms with van der Waals surface area (Å²) in [6.07, 6.45) is 0. The Bertz CT molecular complexity index is 582. The number of carbonyl (C=O) groups excluding carboxylic acids is 1. The standard InChI is InChI=1S/C14H14BrNO2S/c1-9-5-3-4-6-12(9)16-13(14(17)18-2)10-7-19-8-11(10)15/h3-8,13,16H,1-2H3. The Balaban J connectivity index is 2.33. The summed E-state index contributed by atoms with van der Waals surface area (Å²) in [6, 6.07) is 7.34. The van der Waals surface area contributed by atoms with E-state index in [9.17, 15) is 4.79 Å². The number of nitrogens with one attached hydrogen (secondary N) is 1. The minimum absolute atomic E-state index is 0.303. The fourth-order valence-corrected chi connectivity index (χ4v) is 3.32. The number of ether oxygens (including phenoxy) is 1. The monoisotopic (exact) mass is 339 g/mol. The molecule has 1 aromatic heterocycles. The zero-order chi connectivity index (χ0) is 13.8. The molecule has 5 heteroatoms. The fraction of sp³-hybridized carbons (Fsp3) is 0.214. The van der Waals surface area contributed by atoms with Crippen LogP contribution < -0.4 is 5.32 Å². The second-order valence-electron chi connectivity index (χ2n) is 4.09. The van der Waals surface area contributed by atoms with Crippen LogP contribution in [-0.2, 0) is 9.53 Å². The molecule has 1 heterocycles. The lowest BCUT2D eigenvalue weighted by molar-refractivity contribution is -0.141. The molecule has 3 nitrogen and oxygen atoms in total. The summed E-state index contributed by atoms with van der Waals surface area (Å²) in [6.45, 7) is 2.00. The molecule has 0 aliphatic carbocycles. The fourth-order valence-electron chi connectivity index (χ4n) is 1.77. The third-order valence-electron chi connectivity index (χ3n) is 2.84. The lowest BCUT2D eigenvalue weighted by Gasteiger charge is -2.18. The summed E-state index contributed by atoms with van der Waals surface area (Å²) in [7, 11) is 1.40. The molecule has 1 aromatic carbocycles. The molecule has 0 amide bonds. The van der Waals surface area contributed by atoms with Crippen LogP contribution in [0.15, 0.2) is 39.5 Å².